The predicted octanol–water partition coefficient (Wildman–Crippen LogP) is 4.78. The topological polar surface area (TPSA) is 26.3 Å². The van der Waals surface area contributed by atoms with E-state index >= 15 is 0 Å². The van der Waals surface area contributed by atoms with Crippen LogP contribution in [0.4, 0.5) is 0 Å². The largest absolute Gasteiger partial charge is 0.466 e. The maximum absolute atomic E-state index is 11.3. The van der Waals surface area contributed by atoms with Crippen LogP contribution in [0.1, 0.15) is 57.2 Å². The highest BCUT2D eigenvalue weighted by Gasteiger charge is 2.17. The number of carbonyl (C=O) groups excluding carboxylic acids is 1. The van der Waals surface area contributed by atoms with E-state index in [4.69, 9.17) is 4.74 Å². The third-order valence-electron chi connectivity index (χ3n) is 1.83. The van der Waals surface area contributed by atoms with Crippen molar-refractivity contribution in [2.24, 2.45) is 0 Å². The Balaban J connectivity index is 0. The molecule has 2 nitrogen and oxygen atoms in total. The zero-order valence-electron chi connectivity index (χ0n) is 12.2. The minimum atomic E-state index is -0.135. The summed E-state index contributed by atoms with van der Waals surface area (Å²) in [5.74, 6) is -0.261. The van der Waals surface area contributed by atoms with Gasteiger partial charge in [0, 0.05) is 9.75 Å². The highest BCUT2D eigenvalue weighted by atomic mass is 32.1. The van der Waals surface area contributed by atoms with Crippen LogP contribution in [0.25, 0.3) is 0 Å². The van der Waals surface area contributed by atoms with Crippen molar-refractivity contribution < 1.29 is 9.53 Å². The van der Waals surface area contributed by atoms with Gasteiger partial charge in [-0.3, -0.25) is 4.79 Å². The van der Waals surface area contributed by atoms with E-state index in [1.54, 1.807) is 11.3 Å². The number of esters is 1. The van der Waals surface area contributed by atoms with E-state index in [-0.39, 0.29) is 11.9 Å². The van der Waals surface area contributed by atoms with Gasteiger partial charge < -0.3 is 4.74 Å². The quantitative estimate of drug-likeness (QED) is 0.730. The van der Waals surface area contributed by atoms with Crippen molar-refractivity contribution in [3.05, 3.63) is 21.9 Å². The summed E-state index contributed by atoms with van der Waals surface area (Å²) in [6.07, 6.45) is 0. The van der Waals surface area contributed by atoms with Crippen molar-refractivity contribution in [1.29, 1.82) is 0 Å². The van der Waals surface area contributed by atoms with Crippen molar-refractivity contribution in [2.75, 3.05) is 6.61 Å². The second-order valence-electron chi connectivity index (χ2n) is 2.92. The van der Waals surface area contributed by atoms with E-state index in [0.29, 0.717) is 6.61 Å². The van der Waals surface area contributed by atoms with Gasteiger partial charge in [0.05, 0.1) is 12.5 Å². The molecule has 0 aliphatic heterocycles. The summed E-state index contributed by atoms with van der Waals surface area (Å²) >= 11 is 1.65. The Kier molecular flexibility index (Phi) is 12.7. The molecule has 0 fully saturated rings. The lowest BCUT2D eigenvalue weighted by atomic mass is 10.1. The fourth-order valence-electron chi connectivity index (χ4n) is 1.07. The van der Waals surface area contributed by atoms with E-state index in [0.717, 1.165) is 4.88 Å². The third kappa shape index (κ3) is 7.16. The molecule has 0 saturated carbocycles. The van der Waals surface area contributed by atoms with Crippen LogP contribution in [0.5, 0.6) is 0 Å². The van der Waals surface area contributed by atoms with Crippen molar-refractivity contribution in [2.45, 2.75) is 54.4 Å². The van der Waals surface area contributed by atoms with Crippen LogP contribution in [0.3, 0.4) is 0 Å². The van der Waals surface area contributed by atoms with Gasteiger partial charge in [-0.05, 0) is 32.9 Å². The Morgan fingerprint density at radius 3 is 2.18 bits per heavy atom. The lowest BCUT2D eigenvalue weighted by Gasteiger charge is -2.07. The third-order valence-corrected chi connectivity index (χ3v) is 3.01. The molecule has 0 aliphatic carbocycles. The van der Waals surface area contributed by atoms with Crippen LogP contribution in [0.15, 0.2) is 12.1 Å². The van der Waals surface area contributed by atoms with E-state index in [2.05, 4.69) is 0 Å². The Morgan fingerprint density at radius 2 is 1.82 bits per heavy atom. The van der Waals surface area contributed by atoms with Gasteiger partial charge in [0.25, 0.3) is 0 Å². The Hall–Kier alpha value is -0.830. The highest BCUT2D eigenvalue weighted by molar-refractivity contribution is 7.12. The molecule has 3 heteroatoms. The molecule has 1 atom stereocenters. The van der Waals surface area contributed by atoms with E-state index in [9.17, 15) is 4.79 Å². The summed E-state index contributed by atoms with van der Waals surface area (Å²) in [6.45, 7) is 14.2. The molecule has 1 unspecified atom stereocenters. The molecule has 17 heavy (non-hydrogen) atoms. The SMILES string of the molecule is CC.CC.CCOC(=O)C(C)c1ccc(C)s1. The number of ether oxygens (including phenoxy) is 1. The zero-order chi connectivity index (χ0) is 13.8. The lowest BCUT2D eigenvalue weighted by Crippen LogP contribution is -2.11. The molecular formula is C14H26O2S. The first-order chi connectivity index (χ1) is 8.15. The molecule has 0 bridgehead atoms. The van der Waals surface area contributed by atoms with Crippen LogP contribution in [-0.2, 0) is 9.53 Å². The summed E-state index contributed by atoms with van der Waals surface area (Å²) < 4.78 is 4.94. The molecular weight excluding hydrogens is 232 g/mol. The number of rotatable bonds is 3. The fourth-order valence-corrected chi connectivity index (χ4v) is 1.99. The second-order valence-corrected chi connectivity index (χ2v) is 4.24. The minimum Gasteiger partial charge on any atom is -0.466 e. The number of carbonyl (C=O) groups is 1. The van der Waals surface area contributed by atoms with Crippen LogP contribution < -0.4 is 0 Å². The van der Waals surface area contributed by atoms with Crippen LogP contribution >= 0.6 is 11.3 Å². The number of hydrogen-bond donors (Lipinski definition) is 0. The Morgan fingerprint density at radius 1 is 1.29 bits per heavy atom. The molecule has 0 spiro atoms. The van der Waals surface area contributed by atoms with Gasteiger partial charge in [0.15, 0.2) is 0 Å². The predicted molar refractivity (Wildman–Crippen MR) is 76.8 cm³/mol. The minimum absolute atomic E-state index is 0.126. The van der Waals surface area contributed by atoms with Crippen LogP contribution in [0, 0.1) is 6.92 Å². The summed E-state index contributed by atoms with van der Waals surface area (Å²) in [5, 5.41) is 0. The van der Waals surface area contributed by atoms with Crippen molar-refractivity contribution >= 4 is 17.3 Å². The van der Waals surface area contributed by atoms with Gasteiger partial charge in [-0.15, -0.1) is 11.3 Å². The molecule has 0 saturated heterocycles. The average molecular weight is 258 g/mol. The monoisotopic (exact) mass is 258 g/mol. The number of aryl methyl sites for hydroxylation is 1. The fraction of sp³-hybridized carbons (Fsp3) is 0.643. The van der Waals surface area contributed by atoms with Gasteiger partial charge >= 0.3 is 5.97 Å². The molecule has 0 aliphatic rings. The lowest BCUT2D eigenvalue weighted by molar-refractivity contribution is -0.144. The molecule has 0 amide bonds. The zero-order valence-corrected chi connectivity index (χ0v) is 13.0. The summed E-state index contributed by atoms with van der Waals surface area (Å²) in [6, 6.07) is 4.01. The van der Waals surface area contributed by atoms with E-state index < -0.39 is 0 Å². The maximum atomic E-state index is 11.3. The number of thiophene rings is 1. The normalized spacial score (nSPS) is 10.3. The smallest absolute Gasteiger partial charge is 0.313 e. The van der Waals surface area contributed by atoms with Gasteiger partial charge in [-0.25, -0.2) is 0 Å². The molecule has 100 valence electrons. The molecule has 1 aromatic rings. The van der Waals surface area contributed by atoms with Gasteiger partial charge in [-0.1, -0.05) is 27.7 Å². The second kappa shape index (κ2) is 11.6. The van der Waals surface area contributed by atoms with Gasteiger partial charge in [-0.2, -0.15) is 0 Å². The number of hydrogen-bond acceptors (Lipinski definition) is 3. The van der Waals surface area contributed by atoms with Crippen LogP contribution in [0.2, 0.25) is 0 Å². The van der Waals surface area contributed by atoms with Gasteiger partial charge in [0.1, 0.15) is 0 Å². The van der Waals surface area contributed by atoms with E-state index in [1.165, 1.54) is 4.88 Å². The van der Waals surface area contributed by atoms with E-state index in [1.807, 2.05) is 60.6 Å². The Labute approximate surface area is 110 Å². The van der Waals surface area contributed by atoms with Crippen LogP contribution in [-0.4, -0.2) is 12.6 Å². The maximum Gasteiger partial charge on any atom is 0.313 e. The molecule has 1 aromatic heterocycles. The van der Waals surface area contributed by atoms with Gasteiger partial charge in [0.2, 0.25) is 0 Å². The average Bonchev–Trinajstić information content (AvgIpc) is 2.80. The molecule has 0 aromatic carbocycles. The van der Waals surface area contributed by atoms with Crippen molar-refractivity contribution in [3.63, 3.8) is 0 Å². The first-order valence-corrected chi connectivity index (χ1v) is 7.19. The standard InChI is InChI=1S/C10H14O2S.2C2H6/c1-4-12-10(11)8(3)9-6-5-7(2)13-9;2*1-2/h5-6,8H,4H2,1-3H3;2*1-2H3. The summed E-state index contributed by atoms with van der Waals surface area (Å²) in [5.41, 5.74) is 0. The van der Waals surface area contributed by atoms with Crippen molar-refractivity contribution in [3.8, 4) is 0 Å². The van der Waals surface area contributed by atoms with Crippen molar-refractivity contribution in [1.82, 2.24) is 0 Å². The summed E-state index contributed by atoms with van der Waals surface area (Å²) in [4.78, 5) is 13.6. The summed E-state index contributed by atoms with van der Waals surface area (Å²) in [7, 11) is 0. The Bertz CT molecular complexity index is 292. The first-order valence-electron chi connectivity index (χ1n) is 6.38. The molecule has 0 radical (unpaired) electrons. The highest BCUT2D eigenvalue weighted by Crippen LogP contribution is 2.24. The molecule has 1 rings (SSSR count). The molecule has 1 heterocycles. The molecule has 0 N–H and O–H groups in total. The first kappa shape index (κ1) is 18.5.